The van der Waals surface area contributed by atoms with Crippen molar-refractivity contribution < 1.29 is 14.3 Å². The smallest absolute Gasteiger partial charge is 0.364 e. The predicted molar refractivity (Wildman–Crippen MR) is 36.4 cm³/mol. The summed E-state index contributed by atoms with van der Waals surface area (Å²) in [6.07, 6.45) is 3.39. The van der Waals surface area contributed by atoms with Gasteiger partial charge >= 0.3 is 5.97 Å². The molecule has 1 N–H and O–H groups in total. The van der Waals surface area contributed by atoms with Gasteiger partial charge in [-0.2, -0.15) is 4.39 Å². The monoisotopic (exact) mass is 146 g/mol. The molecule has 0 aromatic carbocycles. The largest absolute Gasteiger partial charge is 0.476 e. The second-order valence-corrected chi connectivity index (χ2v) is 2.00. The molecule has 10 heavy (non-hydrogen) atoms. The molecular weight excluding hydrogens is 135 g/mol. The van der Waals surface area contributed by atoms with E-state index in [1.807, 2.05) is 6.92 Å². The van der Waals surface area contributed by atoms with Gasteiger partial charge in [-0.05, 0) is 18.9 Å². The third-order valence-electron chi connectivity index (χ3n) is 1.09. The number of carbonyl (C=O) groups is 1. The Bertz CT molecular complexity index is 141. The minimum atomic E-state index is -1.48. The van der Waals surface area contributed by atoms with Crippen LogP contribution < -0.4 is 0 Å². The van der Waals surface area contributed by atoms with Crippen molar-refractivity contribution in [3.05, 3.63) is 11.9 Å². The first-order valence-corrected chi connectivity index (χ1v) is 3.27. The van der Waals surface area contributed by atoms with Gasteiger partial charge in [-0.1, -0.05) is 13.3 Å². The summed E-state index contributed by atoms with van der Waals surface area (Å²) in [4.78, 5) is 9.85. The lowest BCUT2D eigenvalue weighted by atomic mass is 10.2. The summed E-state index contributed by atoms with van der Waals surface area (Å²) in [7, 11) is 0. The van der Waals surface area contributed by atoms with Crippen LogP contribution in [-0.2, 0) is 4.79 Å². The second kappa shape index (κ2) is 4.97. The standard InChI is InChI=1S/C7H11FO2/c1-2-3-4-5-6(8)7(9)10/h5H,2-4H2,1H3,(H,9,10)/b6-5+. The van der Waals surface area contributed by atoms with Gasteiger partial charge in [0.05, 0.1) is 0 Å². The lowest BCUT2D eigenvalue weighted by Gasteiger charge is -1.88. The molecule has 0 radical (unpaired) electrons. The molecular formula is C7H11FO2. The van der Waals surface area contributed by atoms with Crippen LogP contribution in [0.3, 0.4) is 0 Å². The first-order chi connectivity index (χ1) is 4.68. The Kier molecular flexibility index (Phi) is 4.54. The number of hydrogen-bond acceptors (Lipinski definition) is 1. The van der Waals surface area contributed by atoms with Gasteiger partial charge in [0.2, 0.25) is 5.83 Å². The molecule has 2 nitrogen and oxygen atoms in total. The van der Waals surface area contributed by atoms with Crippen molar-refractivity contribution in [3.8, 4) is 0 Å². The molecule has 0 unspecified atom stereocenters. The second-order valence-electron chi connectivity index (χ2n) is 2.00. The van der Waals surface area contributed by atoms with E-state index in [1.54, 1.807) is 0 Å². The topological polar surface area (TPSA) is 37.3 Å². The van der Waals surface area contributed by atoms with Gasteiger partial charge in [0, 0.05) is 0 Å². The first kappa shape index (κ1) is 9.14. The molecule has 0 heterocycles. The summed E-state index contributed by atoms with van der Waals surface area (Å²) >= 11 is 0. The van der Waals surface area contributed by atoms with Gasteiger partial charge in [0.15, 0.2) is 0 Å². The van der Waals surface area contributed by atoms with Gasteiger partial charge in [-0.25, -0.2) is 4.79 Å². The van der Waals surface area contributed by atoms with Crippen molar-refractivity contribution in [2.24, 2.45) is 0 Å². The molecule has 0 bridgehead atoms. The number of carboxylic acid groups (broad SMARTS) is 1. The molecule has 0 aliphatic carbocycles. The third-order valence-corrected chi connectivity index (χ3v) is 1.09. The van der Waals surface area contributed by atoms with Gasteiger partial charge in [-0.15, -0.1) is 0 Å². The number of rotatable bonds is 4. The molecule has 0 spiro atoms. The molecule has 0 fully saturated rings. The predicted octanol–water partition coefficient (Wildman–Crippen LogP) is 2.11. The fraction of sp³-hybridized carbons (Fsp3) is 0.571. The SMILES string of the molecule is CCCC/C=C(/F)C(=O)O. The summed E-state index contributed by atoms with van der Waals surface area (Å²) in [5, 5.41) is 8.04. The number of carboxylic acids is 1. The van der Waals surface area contributed by atoms with Crippen LogP contribution in [0.2, 0.25) is 0 Å². The van der Waals surface area contributed by atoms with Gasteiger partial charge in [0.25, 0.3) is 0 Å². The number of halogens is 1. The highest BCUT2D eigenvalue weighted by molar-refractivity contribution is 5.83. The summed E-state index contributed by atoms with van der Waals surface area (Å²) < 4.78 is 12.1. The highest BCUT2D eigenvalue weighted by Gasteiger charge is 2.02. The molecule has 0 rings (SSSR count). The molecule has 0 saturated carbocycles. The van der Waals surface area contributed by atoms with Gasteiger partial charge in [0.1, 0.15) is 0 Å². The zero-order chi connectivity index (χ0) is 7.98. The van der Waals surface area contributed by atoms with Crippen LogP contribution in [0.5, 0.6) is 0 Å². The molecule has 0 aliphatic rings. The van der Waals surface area contributed by atoms with E-state index >= 15 is 0 Å². The third kappa shape index (κ3) is 4.06. The number of aliphatic carboxylic acids is 1. The maximum atomic E-state index is 12.1. The van der Waals surface area contributed by atoms with Crippen molar-refractivity contribution in [2.75, 3.05) is 0 Å². The average Bonchev–Trinajstić information content (AvgIpc) is 1.88. The Balaban J connectivity index is 3.58. The zero-order valence-corrected chi connectivity index (χ0v) is 5.93. The lowest BCUT2D eigenvalue weighted by Crippen LogP contribution is -1.93. The Morgan fingerprint density at radius 1 is 1.70 bits per heavy atom. The summed E-state index contributed by atoms with van der Waals surface area (Å²) in [5.74, 6) is -2.52. The number of unbranched alkanes of at least 4 members (excludes halogenated alkanes) is 2. The summed E-state index contributed by atoms with van der Waals surface area (Å²) in [6.45, 7) is 1.96. The van der Waals surface area contributed by atoms with Crippen LogP contribution in [0.15, 0.2) is 11.9 Å². The highest BCUT2D eigenvalue weighted by atomic mass is 19.1. The van der Waals surface area contributed by atoms with E-state index in [9.17, 15) is 9.18 Å². The minimum absolute atomic E-state index is 0.509. The molecule has 58 valence electrons. The van der Waals surface area contributed by atoms with Gasteiger partial charge in [-0.3, -0.25) is 0 Å². The Morgan fingerprint density at radius 3 is 2.70 bits per heavy atom. The summed E-state index contributed by atoms with van der Waals surface area (Å²) in [5.41, 5.74) is 0. The Morgan fingerprint density at radius 2 is 2.30 bits per heavy atom. The van der Waals surface area contributed by atoms with Crippen LogP contribution in [0, 0.1) is 0 Å². The van der Waals surface area contributed by atoms with Gasteiger partial charge < -0.3 is 5.11 Å². The molecule has 0 amide bonds. The van der Waals surface area contributed by atoms with Crippen molar-refractivity contribution in [1.29, 1.82) is 0 Å². The number of hydrogen-bond donors (Lipinski definition) is 1. The highest BCUT2D eigenvalue weighted by Crippen LogP contribution is 2.02. The lowest BCUT2D eigenvalue weighted by molar-refractivity contribution is -0.134. The van der Waals surface area contributed by atoms with E-state index in [1.165, 1.54) is 0 Å². The van der Waals surface area contributed by atoms with Crippen molar-refractivity contribution in [3.63, 3.8) is 0 Å². The van der Waals surface area contributed by atoms with E-state index in [0.717, 1.165) is 18.9 Å². The molecule has 0 atom stereocenters. The van der Waals surface area contributed by atoms with Crippen LogP contribution in [0.4, 0.5) is 4.39 Å². The Hall–Kier alpha value is -0.860. The first-order valence-electron chi connectivity index (χ1n) is 3.27. The molecule has 0 aliphatic heterocycles. The van der Waals surface area contributed by atoms with Crippen LogP contribution in [0.1, 0.15) is 26.2 Å². The molecule has 3 heteroatoms. The minimum Gasteiger partial charge on any atom is -0.476 e. The summed E-state index contributed by atoms with van der Waals surface area (Å²) in [6, 6.07) is 0. The quantitative estimate of drug-likeness (QED) is 0.487. The van der Waals surface area contributed by atoms with E-state index in [0.29, 0.717) is 6.42 Å². The van der Waals surface area contributed by atoms with Crippen molar-refractivity contribution in [1.82, 2.24) is 0 Å². The molecule has 0 aromatic heterocycles. The maximum Gasteiger partial charge on any atom is 0.364 e. The zero-order valence-electron chi connectivity index (χ0n) is 5.93. The van der Waals surface area contributed by atoms with Crippen LogP contribution in [0.25, 0.3) is 0 Å². The van der Waals surface area contributed by atoms with Crippen molar-refractivity contribution in [2.45, 2.75) is 26.2 Å². The van der Waals surface area contributed by atoms with E-state index in [2.05, 4.69) is 0 Å². The van der Waals surface area contributed by atoms with Crippen LogP contribution >= 0.6 is 0 Å². The van der Waals surface area contributed by atoms with Crippen molar-refractivity contribution >= 4 is 5.97 Å². The van der Waals surface area contributed by atoms with E-state index in [4.69, 9.17) is 5.11 Å². The Labute approximate surface area is 59.4 Å². The number of allylic oxidation sites excluding steroid dienone is 1. The fourth-order valence-electron chi connectivity index (χ4n) is 0.520. The normalized spacial score (nSPS) is 11.6. The average molecular weight is 146 g/mol. The maximum absolute atomic E-state index is 12.1. The fourth-order valence-corrected chi connectivity index (χ4v) is 0.520. The van der Waals surface area contributed by atoms with Crippen LogP contribution in [-0.4, -0.2) is 11.1 Å². The van der Waals surface area contributed by atoms with E-state index < -0.39 is 11.8 Å². The molecule has 0 saturated heterocycles. The molecule has 0 aromatic rings. The van der Waals surface area contributed by atoms with E-state index in [-0.39, 0.29) is 0 Å².